The van der Waals surface area contributed by atoms with E-state index in [4.69, 9.17) is 4.98 Å². The Kier molecular flexibility index (Phi) is 5.29. The monoisotopic (exact) mass is 469 g/mol. The molecule has 0 spiro atoms. The Hall–Kier alpha value is -4.69. The van der Waals surface area contributed by atoms with Gasteiger partial charge in [-0.05, 0) is 50.5 Å². The molecule has 2 heterocycles. The van der Waals surface area contributed by atoms with Crippen molar-refractivity contribution in [2.75, 3.05) is 0 Å². The van der Waals surface area contributed by atoms with E-state index in [0.717, 1.165) is 5.69 Å². The standard InChI is InChI=1S/C35H24BN/c1-4-12-25(13-5-1)28-21-22-31-33(24-28)36(32-20-11-23-37-35(31)32)34-29(26-14-6-2-7-15-26)18-10-19-30(34)27-16-8-3-9-17-27/h1-24H. The van der Waals surface area contributed by atoms with Crippen molar-refractivity contribution >= 4 is 23.1 Å². The molecule has 0 aliphatic carbocycles. The largest absolute Gasteiger partial charge is 0.257 e. The molecule has 0 bridgehead atoms. The zero-order valence-electron chi connectivity index (χ0n) is 20.4. The summed E-state index contributed by atoms with van der Waals surface area (Å²) in [6, 6.07) is 50.1. The second-order valence-corrected chi connectivity index (χ2v) is 9.54. The van der Waals surface area contributed by atoms with Gasteiger partial charge in [0, 0.05) is 6.20 Å². The van der Waals surface area contributed by atoms with E-state index in [1.807, 2.05) is 6.20 Å². The Morgan fingerprint density at radius 3 is 1.62 bits per heavy atom. The summed E-state index contributed by atoms with van der Waals surface area (Å²) < 4.78 is 0. The lowest BCUT2D eigenvalue weighted by Gasteiger charge is -2.21. The minimum Gasteiger partial charge on any atom is -0.257 e. The highest BCUT2D eigenvalue weighted by molar-refractivity contribution is 7.00. The van der Waals surface area contributed by atoms with Crippen molar-refractivity contribution in [2.24, 2.45) is 0 Å². The molecule has 0 amide bonds. The Bertz CT molecular complexity index is 1650. The molecule has 0 N–H and O–H groups in total. The van der Waals surface area contributed by atoms with Crippen molar-refractivity contribution in [3.05, 3.63) is 146 Å². The fourth-order valence-electron chi connectivity index (χ4n) is 5.80. The van der Waals surface area contributed by atoms with Crippen LogP contribution in [-0.4, -0.2) is 11.7 Å². The highest BCUT2D eigenvalue weighted by atomic mass is 14.7. The van der Waals surface area contributed by atoms with Crippen LogP contribution < -0.4 is 16.4 Å². The van der Waals surface area contributed by atoms with Gasteiger partial charge >= 0.3 is 0 Å². The highest BCUT2D eigenvalue weighted by Crippen LogP contribution is 2.30. The molecule has 0 saturated heterocycles. The molecule has 37 heavy (non-hydrogen) atoms. The molecule has 0 unspecified atom stereocenters. The molecule has 1 aliphatic rings. The van der Waals surface area contributed by atoms with Crippen LogP contribution in [0.15, 0.2) is 146 Å². The summed E-state index contributed by atoms with van der Waals surface area (Å²) in [6.45, 7) is 0.0778. The van der Waals surface area contributed by atoms with Crippen molar-refractivity contribution in [1.82, 2.24) is 4.98 Å². The van der Waals surface area contributed by atoms with Gasteiger partial charge in [0.15, 0.2) is 0 Å². The normalized spacial score (nSPS) is 11.7. The maximum atomic E-state index is 4.88. The van der Waals surface area contributed by atoms with Gasteiger partial charge in [0.2, 0.25) is 6.71 Å². The van der Waals surface area contributed by atoms with Crippen LogP contribution in [0.25, 0.3) is 44.6 Å². The van der Waals surface area contributed by atoms with Crippen LogP contribution in [0.4, 0.5) is 0 Å². The SMILES string of the molecule is c1ccc(-c2ccc3c(c2)B(c2c(-c4ccccc4)cccc2-c2ccccc2)c2cccnc2-3)cc1. The van der Waals surface area contributed by atoms with Gasteiger partial charge in [-0.3, -0.25) is 4.98 Å². The van der Waals surface area contributed by atoms with E-state index < -0.39 is 0 Å². The van der Waals surface area contributed by atoms with E-state index in [-0.39, 0.29) is 6.71 Å². The molecular formula is C35H24BN. The van der Waals surface area contributed by atoms with Gasteiger partial charge < -0.3 is 0 Å². The van der Waals surface area contributed by atoms with Crippen molar-refractivity contribution in [1.29, 1.82) is 0 Å². The fourth-order valence-corrected chi connectivity index (χ4v) is 5.80. The minimum atomic E-state index is 0.0778. The molecule has 172 valence electrons. The Morgan fingerprint density at radius 2 is 1.00 bits per heavy atom. The van der Waals surface area contributed by atoms with Gasteiger partial charge in [-0.25, -0.2) is 0 Å². The van der Waals surface area contributed by atoms with E-state index in [0.29, 0.717) is 0 Å². The maximum absolute atomic E-state index is 4.88. The average Bonchev–Trinajstić information content (AvgIpc) is 3.31. The molecule has 0 atom stereocenters. The van der Waals surface area contributed by atoms with Crippen LogP contribution in [0, 0.1) is 0 Å². The van der Waals surface area contributed by atoms with E-state index in [1.165, 1.54) is 55.3 Å². The van der Waals surface area contributed by atoms with E-state index in [9.17, 15) is 0 Å². The quantitative estimate of drug-likeness (QED) is 0.266. The van der Waals surface area contributed by atoms with Crippen LogP contribution in [0.5, 0.6) is 0 Å². The summed E-state index contributed by atoms with van der Waals surface area (Å²) in [5.74, 6) is 0. The van der Waals surface area contributed by atoms with Crippen LogP contribution in [0.1, 0.15) is 0 Å². The Balaban J connectivity index is 1.54. The number of nitrogens with zero attached hydrogens (tertiary/aromatic N) is 1. The third-order valence-electron chi connectivity index (χ3n) is 7.44. The van der Waals surface area contributed by atoms with E-state index in [1.54, 1.807) is 0 Å². The number of benzene rings is 5. The van der Waals surface area contributed by atoms with Gasteiger partial charge in [-0.15, -0.1) is 0 Å². The molecule has 1 aromatic heterocycles. The van der Waals surface area contributed by atoms with Gasteiger partial charge in [0.25, 0.3) is 0 Å². The molecule has 6 aromatic rings. The number of pyridine rings is 1. The zero-order chi connectivity index (χ0) is 24.6. The van der Waals surface area contributed by atoms with Crippen LogP contribution in [0.2, 0.25) is 0 Å². The van der Waals surface area contributed by atoms with Crippen molar-refractivity contribution in [2.45, 2.75) is 0 Å². The smallest absolute Gasteiger partial charge is 0.246 e. The predicted octanol–water partition coefficient (Wildman–Crippen LogP) is 6.58. The lowest BCUT2D eigenvalue weighted by atomic mass is 9.37. The second-order valence-electron chi connectivity index (χ2n) is 9.54. The summed E-state index contributed by atoms with van der Waals surface area (Å²) in [5.41, 5.74) is 13.7. The summed E-state index contributed by atoms with van der Waals surface area (Å²) in [5, 5.41) is 0. The first-order valence-electron chi connectivity index (χ1n) is 12.8. The highest BCUT2D eigenvalue weighted by Gasteiger charge is 2.37. The average molecular weight is 469 g/mol. The van der Waals surface area contributed by atoms with Gasteiger partial charge in [-0.2, -0.15) is 0 Å². The molecule has 2 heteroatoms. The third-order valence-corrected chi connectivity index (χ3v) is 7.44. The summed E-state index contributed by atoms with van der Waals surface area (Å²) in [4.78, 5) is 4.88. The second kappa shape index (κ2) is 9.07. The number of aromatic nitrogens is 1. The lowest BCUT2D eigenvalue weighted by molar-refractivity contribution is 1.36. The molecule has 7 rings (SSSR count). The molecule has 0 fully saturated rings. The number of rotatable bonds is 4. The first-order chi connectivity index (χ1) is 18.4. The molecular weight excluding hydrogens is 445 g/mol. The first-order valence-corrected chi connectivity index (χ1v) is 12.8. The van der Waals surface area contributed by atoms with Crippen molar-refractivity contribution in [3.8, 4) is 44.6 Å². The predicted molar refractivity (Wildman–Crippen MR) is 157 cm³/mol. The Morgan fingerprint density at radius 1 is 0.405 bits per heavy atom. The number of hydrogen-bond acceptors (Lipinski definition) is 1. The third kappa shape index (κ3) is 3.70. The van der Waals surface area contributed by atoms with Gasteiger partial charge in [0.1, 0.15) is 0 Å². The van der Waals surface area contributed by atoms with Gasteiger partial charge in [0.05, 0.1) is 5.69 Å². The summed E-state index contributed by atoms with van der Waals surface area (Å²) in [7, 11) is 0. The first kappa shape index (κ1) is 21.6. The number of fused-ring (bicyclic) bond motifs is 3. The molecule has 0 radical (unpaired) electrons. The molecule has 1 aliphatic heterocycles. The van der Waals surface area contributed by atoms with Crippen LogP contribution in [-0.2, 0) is 0 Å². The van der Waals surface area contributed by atoms with E-state index >= 15 is 0 Å². The van der Waals surface area contributed by atoms with Crippen LogP contribution in [0.3, 0.4) is 0 Å². The minimum absolute atomic E-state index is 0.0778. The number of hydrogen-bond donors (Lipinski definition) is 0. The van der Waals surface area contributed by atoms with Crippen LogP contribution >= 0.6 is 0 Å². The fraction of sp³-hybridized carbons (Fsp3) is 0. The topological polar surface area (TPSA) is 12.9 Å². The summed E-state index contributed by atoms with van der Waals surface area (Å²) in [6.07, 6.45) is 1.91. The van der Waals surface area contributed by atoms with E-state index in [2.05, 4.69) is 140 Å². The van der Waals surface area contributed by atoms with Crippen molar-refractivity contribution in [3.63, 3.8) is 0 Å². The maximum Gasteiger partial charge on any atom is 0.246 e. The van der Waals surface area contributed by atoms with Gasteiger partial charge in [-0.1, -0.05) is 144 Å². The zero-order valence-corrected chi connectivity index (χ0v) is 20.4. The molecule has 0 saturated carbocycles. The summed E-state index contributed by atoms with van der Waals surface area (Å²) >= 11 is 0. The molecule has 1 nitrogen and oxygen atoms in total. The van der Waals surface area contributed by atoms with Crippen molar-refractivity contribution < 1.29 is 0 Å². The Labute approximate surface area is 218 Å². The molecule has 5 aromatic carbocycles. The lowest BCUT2D eigenvalue weighted by Crippen LogP contribution is -2.50.